The molecule has 2 amide bonds. The maximum Gasteiger partial charge on any atom is 0.328 e. The van der Waals surface area contributed by atoms with Gasteiger partial charge in [0.15, 0.2) is 0 Å². The summed E-state index contributed by atoms with van der Waals surface area (Å²) in [5.41, 5.74) is 3.13. The molecule has 0 aliphatic carbocycles. The highest BCUT2D eigenvalue weighted by molar-refractivity contribution is 6.03. The van der Waals surface area contributed by atoms with E-state index in [1.165, 1.54) is 5.69 Å². The lowest BCUT2D eigenvalue weighted by molar-refractivity contribution is -0.122. The zero-order chi connectivity index (χ0) is 22.7. The Hall–Kier alpha value is -3.73. The van der Waals surface area contributed by atoms with Crippen LogP contribution in [0.25, 0.3) is 10.9 Å². The number of aromatic nitrogens is 4. The fourth-order valence-electron chi connectivity index (χ4n) is 4.21. The van der Waals surface area contributed by atoms with Crippen LogP contribution in [0.3, 0.4) is 0 Å². The first-order chi connectivity index (χ1) is 15.5. The molecule has 0 spiro atoms. The summed E-state index contributed by atoms with van der Waals surface area (Å²) in [5, 5.41) is 18.5. The number of hydrogen-bond donors (Lipinski definition) is 3. The smallest absolute Gasteiger partial charge is 0.328 e. The van der Waals surface area contributed by atoms with E-state index in [0.717, 1.165) is 48.3 Å². The SMILES string of the molecule is C[C@@H]1CN(c2ccnc3c2CCN3C(=O)Nc2cc3cn(C)nc3cn2)CCN1.O=CO. The van der Waals surface area contributed by atoms with Crippen molar-refractivity contribution in [2.24, 2.45) is 7.05 Å². The summed E-state index contributed by atoms with van der Waals surface area (Å²) in [4.78, 5) is 34.2. The van der Waals surface area contributed by atoms with E-state index in [2.05, 4.69) is 43.6 Å². The molecule has 5 rings (SSSR count). The number of carbonyl (C=O) groups excluding carboxylic acids is 1. The topological polar surface area (TPSA) is 129 Å². The minimum absolute atomic E-state index is 0.210. The molecule has 2 aliphatic rings. The van der Waals surface area contributed by atoms with Gasteiger partial charge in [-0.25, -0.2) is 14.8 Å². The van der Waals surface area contributed by atoms with E-state index in [1.54, 1.807) is 22.0 Å². The van der Waals surface area contributed by atoms with Crippen LogP contribution in [0.15, 0.2) is 30.7 Å². The highest BCUT2D eigenvalue weighted by Crippen LogP contribution is 2.34. The molecule has 3 N–H and O–H groups in total. The van der Waals surface area contributed by atoms with Gasteiger partial charge in [0.1, 0.15) is 17.2 Å². The first-order valence-electron chi connectivity index (χ1n) is 10.4. The number of pyridine rings is 2. The highest BCUT2D eigenvalue weighted by Gasteiger charge is 2.30. The van der Waals surface area contributed by atoms with E-state index in [-0.39, 0.29) is 12.5 Å². The molecule has 0 bridgehead atoms. The van der Waals surface area contributed by atoms with Crippen LogP contribution in [-0.2, 0) is 18.3 Å². The molecule has 11 heteroatoms. The number of nitrogens with one attached hydrogen (secondary N) is 2. The lowest BCUT2D eigenvalue weighted by atomic mass is 10.1. The van der Waals surface area contributed by atoms with Crippen LogP contribution in [0.4, 0.5) is 22.1 Å². The van der Waals surface area contributed by atoms with E-state index in [4.69, 9.17) is 9.90 Å². The van der Waals surface area contributed by atoms with Crippen LogP contribution >= 0.6 is 0 Å². The Bertz CT molecular complexity index is 1130. The molecule has 1 fully saturated rings. The molecular formula is C21H26N8O3. The van der Waals surface area contributed by atoms with Crippen molar-refractivity contribution in [3.63, 3.8) is 0 Å². The van der Waals surface area contributed by atoms with E-state index < -0.39 is 0 Å². The largest absolute Gasteiger partial charge is 0.483 e. The van der Waals surface area contributed by atoms with Crippen molar-refractivity contribution in [1.82, 2.24) is 25.1 Å². The van der Waals surface area contributed by atoms with E-state index in [1.807, 2.05) is 19.3 Å². The lowest BCUT2D eigenvalue weighted by Crippen LogP contribution is -2.49. The van der Waals surface area contributed by atoms with Gasteiger partial charge in [-0.2, -0.15) is 5.10 Å². The molecule has 168 valence electrons. The Kier molecular flexibility index (Phi) is 6.17. The summed E-state index contributed by atoms with van der Waals surface area (Å²) < 4.78 is 1.73. The molecule has 11 nitrogen and oxygen atoms in total. The lowest BCUT2D eigenvalue weighted by Gasteiger charge is -2.34. The van der Waals surface area contributed by atoms with E-state index in [9.17, 15) is 4.79 Å². The second-order valence-corrected chi connectivity index (χ2v) is 7.80. The zero-order valence-corrected chi connectivity index (χ0v) is 18.0. The van der Waals surface area contributed by atoms with Crippen molar-refractivity contribution >= 4 is 40.7 Å². The minimum Gasteiger partial charge on any atom is -0.483 e. The normalized spacial score (nSPS) is 17.5. The molecule has 0 radical (unpaired) electrons. The summed E-state index contributed by atoms with van der Waals surface area (Å²) in [6.07, 6.45) is 6.18. The van der Waals surface area contributed by atoms with Gasteiger partial charge >= 0.3 is 6.03 Å². The second-order valence-electron chi connectivity index (χ2n) is 7.80. The number of carboxylic acid groups (broad SMARTS) is 1. The van der Waals surface area contributed by atoms with Crippen LogP contribution in [0.1, 0.15) is 12.5 Å². The fraction of sp³-hybridized carbons (Fsp3) is 0.381. The minimum atomic E-state index is -0.250. The van der Waals surface area contributed by atoms with Crippen LogP contribution < -0.4 is 20.4 Å². The molecule has 1 saturated heterocycles. The standard InChI is InChI=1S/C20H24N8O.CH2O2/c1-13-11-27(8-6-21-13)17-3-5-22-19-15(17)4-7-28(19)20(29)24-18-9-14-12-26(2)25-16(14)10-23-18;2-1-3/h3,5,9-10,12-13,21H,4,6-8,11H2,1-2H3,(H,24,29);1H,(H,2,3)/t13-;/m1./s1. The van der Waals surface area contributed by atoms with Gasteiger partial charge in [0.2, 0.25) is 0 Å². The summed E-state index contributed by atoms with van der Waals surface area (Å²) >= 11 is 0. The van der Waals surface area contributed by atoms with Gasteiger partial charge in [-0.3, -0.25) is 19.7 Å². The summed E-state index contributed by atoms with van der Waals surface area (Å²) in [6.45, 7) is 5.44. The first kappa shape index (κ1) is 21.5. The van der Waals surface area contributed by atoms with Crippen LogP contribution in [0, 0.1) is 0 Å². The Morgan fingerprint density at radius 3 is 2.94 bits per heavy atom. The monoisotopic (exact) mass is 438 g/mol. The van der Waals surface area contributed by atoms with Crippen molar-refractivity contribution < 1.29 is 14.7 Å². The number of rotatable bonds is 2. The quantitative estimate of drug-likeness (QED) is 0.513. The number of fused-ring (bicyclic) bond motifs is 2. The third-order valence-corrected chi connectivity index (χ3v) is 5.54. The van der Waals surface area contributed by atoms with Crippen molar-refractivity contribution in [3.8, 4) is 0 Å². The predicted molar refractivity (Wildman–Crippen MR) is 121 cm³/mol. The van der Waals surface area contributed by atoms with Crippen molar-refractivity contribution in [2.75, 3.05) is 41.3 Å². The molecule has 3 aromatic heterocycles. The summed E-state index contributed by atoms with van der Waals surface area (Å²) in [5.74, 6) is 1.25. The number of nitrogens with zero attached hydrogens (tertiary/aromatic N) is 6. The number of urea groups is 1. The van der Waals surface area contributed by atoms with Crippen molar-refractivity contribution in [1.29, 1.82) is 0 Å². The Labute approximate surface area is 185 Å². The Morgan fingerprint density at radius 1 is 1.34 bits per heavy atom. The number of carbonyl (C=O) groups is 2. The number of piperazine rings is 1. The maximum absolute atomic E-state index is 12.9. The Morgan fingerprint density at radius 2 is 2.16 bits per heavy atom. The van der Waals surface area contributed by atoms with Gasteiger partial charge in [0.05, 0.1) is 6.20 Å². The molecule has 5 heterocycles. The van der Waals surface area contributed by atoms with Gasteiger partial charge in [0, 0.05) is 68.3 Å². The molecule has 0 aromatic carbocycles. The molecule has 32 heavy (non-hydrogen) atoms. The molecule has 2 aliphatic heterocycles. The van der Waals surface area contributed by atoms with Gasteiger partial charge in [-0.05, 0) is 25.5 Å². The number of hydrogen-bond acceptors (Lipinski definition) is 7. The van der Waals surface area contributed by atoms with Crippen LogP contribution in [0.2, 0.25) is 0 Å². The van der Waals surface area contributed by atoms with E-state index in [0.29, 0.717) is 18.4 Å². The molecule has 0 unspecified atom stereocenters. The number of amides is 2. The van der Waals surface area contributed by atoms with Crippen LogP contribution in [0.5, 0.6) is 0 Å². The van der Waals surface area contributed by atoms with Gasteiger partial charge < -0.3 is 15.3 Å². The van der Waals surface area contributed by atoms with Gasteiger partial charge in [-0.15, -0.1) is 0 Å². The van der Waals surface area contributed by atoms with Gasteiger partial charge in [-0.1, -0.05) is 0 Å². The number of anilines is 3. The molecule has 3 aromatic rings. The fourth-order valence-corrected chi connectivity index (χ4v) is 4.21. The molecular weight excluding hydrogens is 412 g/mol. The van der Waals surface area contributed by atoms with E-state index >= 15 is 0 Å². The maximum atomic E-state index is 12.9. The molecule has 0 saturated carbocycles. The second kappa shape index (κ2) is 9.18. The number of aryl methyl sites for hydroxylation is 1. The van der Waals surface area contributed by atoms with Crippen molar-refractivity contribution in [2.45, 2.75) is 19.4 Å². The van der Waals surface area contributed by atoms with Crippen LogP contribution in [-0.4, -0.2) is 69.6 Å². The first-order valence-corrected chi connectivity index (χ1v) is 10.4. The third kappa shape index (κ3) is 4.33. The predicted octanol–water partition coefficient (Wildman–Crippen LogP) is 1.46. The summed E-state index contributed by atoms with van der Waals surface area (Å²) in [6, 6.07) is 4.14. The average Bonchev–Trinajstić information content (AvgIpc) is 3.36. The zero-order valence-electron chi connectivity index (χ0n) is 18.0. The Balaban J connectivity index is 0.000000775. The average molecular weight is 438 g/mol. The third-order valence-electron chi connectivity index (χ3n) is 5.54. The molecule has 1 atom stereocenters. The van der Waals surface area contributed by atoms with Crippen molar-refractivity contribution in [3.05, 3.63) is 36.3 Å². The summed E-state index contributed by atoms with van der Waals surface area (Å²) in [7, 11) is 1.86. The highest BCUT2D eigenvalue weighted by atomic mass is 16.3. The van der Waals surface area contributed by atoms with Gasteiger partial charge in [0.25, 0.3) is 6.47 Å².